The molecule has 0 aliphatic heterocycles. The number of rotatable bonds is 3. The lowest BCUT2D eigenvalue weighted by atomic mass is 10.1. The Morgan fingerprint density at radius 3 is 2.26 bits per heavy atom. The first-order chi connectivity index (χ1) is 12.6. The van der Waals surface area contributed by atoms with E-state index in [4.69, 9.17) is 34.7 Å². The molecule has 142 valence electrons. The summed E-state index contributed by atoms with van der Waals surface area (Å²) < 4.78 is 0.420. The summed E-state index contributed by atoms with van der Waals surface area (Å²) in [6.45, 7) is 0. The number of phenols is 1. The number of nitrogens with two attached hydrogens (primary N) is 2. The van der Waals surface area contributed by atoms with Crippen molar-refractivity contribution in [2.45, 2.75) is 0 Å². The molecule has 0 aliphatic carbocycles. The number of hydrogen-bond donors (Lipinski definition) is 3. The molecule has 0 saturated carbocycles. The Labute approximate surface area is 174 Å². The van der Waals surface area contributed by atoms with Gasteiger partial charge in [-0.05, 0) is 40.2 Å². The smallest absolute Gasteiger partial charge is 0.258 e. The molecule has 27 heavy (non-hydrogen) atoms. The van der Waals surface area contributed by atoms with E-state index in [1.165, 1.54) is 11.0 Å². The Bertz CT molecular complexity index is 961. The zero-order valence-electron chi connectivity index (χ0n) is 14.4. The second kappa shape index (κ2) is 8.60. The van der Waals surface area contributed by atoms with Crippen molar-refractivity contribution in [3.8, 4) is 5.75 Å². The molecule has 0 unspecified atom stereocenters. The number of halogens is 3. The van der Waals surface area contributed by atoms with Crippen LogP contribution in [0, 0.1) is 0 Å². The summed E-state index contributed by atoms with van der Waals surface area (Å²) in [5, 5.41) is 11.0. The van der Waals surface area contributed by atoms with Gasteiger partial charge in [0.15, 0.2) is 17.4 Å². The van der Waals surface area contributed by atoms with E-state index in [9.17, 15) is 9.90 Å². The maximum absolute atomic E-state index is 12.2. The van der Waals surface area contributed by atoms with E-state index in [1.54, 1.807) is 38.4 Å². The van der Waals surface area contributed by atoms with Gasteiger partial charge < -0.3 is 21.5 Å². The Morgan fingerprint density at radius 1 is 1.07 bits per heavy atom. The van der Waals surface area contributed by atoms with E-state index in [0.717, 1.165) is 0 Å². The number of phenolic OH excluding ortho intramolecular Hbond substituents is 1. The molecule has 0 aliphatic rings. The van der Waals surface area contributed by atoms with Crippen molar-refractivity contribution in [2.24, 2.45) is 21.5 Å². The molecule has 10 heteroatoms. The molecular weight excluding hydrogens is 457 g/mol. The SMILES string of the molecule is CN(C)C(=O)c1c(Br)ccc(N=C(N)C(N)=Nc2cccc(Cl)c2Cl)c1O. The summed E-state index contributed by atoms with van der Waals surface area (Å²) in [5.41, 5.74) is 12.2. The van der Waals surface area contributed by atoms with E-state index in [2.05, 4.69) is 25.9 Å². The molecule has 0 radical (unpaired) electrons. The molecule has 0 spiro atoms. The van der Waals surface area contributed by atoms with Gasteiger partial charge in [-0.3, -0.25) is 4.79 Å². The third kappa shape index (κ3) is 4.71. The largest absolute Gasteiger partial charge is 0.505 e. The molecule has 2 aromatic rings. The third-order valence-corrected chi connectivity index (χ3v) is 4.87. The van der Waals surface area contributed by atoms with Crippen molar-refractivity contribution < 1.29 is 9.90 Å². The van der Waals surface area contributed by atoms with Crippen molar-refractivity contribution in [2.75, 3.05) is 14.1 Å². The summed E-state index contributed by atoms with van der Waals surface area (Å²) in [7, 11) is 3.13. The van der Waals surface area contributed by atoms with E-state index >= 15 is 0 Å². The number of aromatic hydroxyl groups is 1. The first-order valence-electron chi connectivity index (χ1n) is 7.49. The summed E-state index contributed by atoms with van der Waals surface area (Å²) >= 11 is 15.2. The number of carbonyl (C=O) groups excluding carboxylic acids is 1. The Hall–Kier alpha value is -2.29. The van der Waals surface area contributed by atoms with Gasteiger partial charge >= 0.3 is 0 Å². The van der Waals surface area contributed by atoms with Crippen molar-refractivity contribution in [3.63, 3.8) is 0 Å². The van der Waals surface area contributed by atoms with E-state index in [-0.39, 0.29) is 33.7 Å². The minimum atomic E-state index is -0.401. The standard InChI is InChI=1S/C17H16BrCl2N5O2/c1-25(2)17(27)12-8(18)6-7-11(14(12)26)24-16(22)15(21)23-10-5-3-4-9(19)13(10)20/h3-7,26H,1-2H3,(H2,21,23)(H2,22,24). The average molecular weight is 473 g/mol. The van der Waals surface area contributed by atoms with E-state index in [1.807, 2.05) is 0 Å². The van der Waals surface area contributed by atoms with Gasteiger partial charge in [0.2, 0.25) is 0 Å². The monoisotopic (exact) mass is 471 g/mol. The maximum atomic E-state index is 12.2. The van der Waals surface area contributed by atoms with Crippen LogP contribution in [0.5, 0.6) is 5.75 Å². The zero-order valence-corrected chi connectivity index (χ0v) is 17.5. The second-order valence-electron chi connectivity index (χ2n) is 5.56. The van der Waals surface area contributed by atoms with Gasteiger partial charge in [-0.25, -0.2) is 9.98 Å². The fourth-order valence-corrected chi connectivity index (χ4v) is 2.85. The number of nitrogens with zero attached hydrogens (tertiary/aromatic N) is 3. The van der Waals surface area contributed by atoms with Crippen molar-refractivity contribution in [1.29, 1.82) is 0 Å². The van der Waals surface area contributed by atoms with Gasteiger partial charge in [0.25, 0.3) is 5.91 Å². The third-order valence-electron chi connectivity index (χ3n) is 3.40. The molecule has 0 saturated heterocycles. The van der Waals surface area contributed by atoms with Gasteiger partial charge in [0, 0.05) is 18.6 Å². The van der Waals surface area contributed by atoms with E-state index < -0.39 is 5.91 Å². The van der Waals surface area contributed by atoms with Crippen molar-refractivity contribution in [3.05, 3.63) is 50.4 Å². The molecule has 7 nitrogen and oxygen atoms in total. The molecule has 5 N–H and O–H groups in total. The predicted octanol–water partition coefficient (Wildman–Crippen LogP) is 3.84. The van der Waals surface area contributed by atoms with Crippen LogP contribution in [-0.4, -0.2) is 41.7 Å². The first kappa shape index (κ1) is 21.0. The van der Waals surface area contributed by atoms with Crippen LogP contribution in [0.4, 0.5) is 11.4 Å². The molecular formula is C17H16BrCl2N5O2. The molecule has 2 aromatic carbocycles. The summed E-state index contributed by atoms with van der Waals surface area (Å²) in [4.78, 5) is 21.8. The van der Waals surface area contributed by atoms with Crippen LogP contribution in [0.1, 0.15) is 10.4 Å². The highest BCUT2D eigenvalue weighted by Gasteiger charge is 2.20. The summed E-state index contributed by atoms with van der Waals surface area (Å²) in [6.07, 6.45) is 0. The normalized spacial score (nSPS) is 12.2. The quantitative estimate of drug-likeness (QED) is 0.464. The fourth-order valence-electron chi connectivity index (χ4n) is 2.03. The number of aliphatic imine (C=N–C) groups is 2. The number of hydrogen-bond acceptors (Lipinski definition) is 4. The second-order valence-corrected chi connectivity index (χ2v) is 7.20. The van der Waals surface area contributed by atoms with Crippen LogP contribution in [0.15, 0.2) is 44.8 Å². The number of benzene rings is 2. The summed E-state index contributed by atoms with van der Waals surface area (Å²) in [5.74, 6) is -1.02. The van der Waals surface area contributed by atoms with Crippen LogP contribution < -0.4 is 11.5 Å². The predicted molar refractivity (Wildman–Crippen MR) is 113 cm³/mol. The average Bonchev–Trinajstić information content (AvgIpc) is 2.61. The van der Waals surface area contributed by atoms with Crippen LogP contribution in [0.2, 0.25) is 10.0 Å². The molecule has 0 atom stereocenters. The maximum Gasteiger partial charge on any atom is 0.258 e. The highest BCUT2D eigenvalue weighted by molar-refractivity contribution is 9.10. The molecule has 2 rings (SSSR count). The Kier molecular flexibility index (Phi) is 6.69. The molecule has 0 bridgehead atoms. The molecule has 1 amide bonds. The number of amides is 1. The lowest BCUT2D eigenvalue weighted by Crippen LogP contribution is -2.30. The van der Waals surface area contributed by atoms with Crippen molar-refractivity contribution in [1.82, 2.24) is 4.90 Å². The zero-order chi connectivity index (χ0) is 20.3. The lowest BCUT2D eigenvalue weighted by Gasteiger charge is -2.14. The van der Waals surface area contributed by atoms with Crippen LogP contribution in [0.25, 0.3) is 0 Å². The van der Waals surface area contributed by atoms with Crippen molar-refractivity contribution >= 4 is 68.1 Å². The van der Waals surface area contributed by atoms with E-state index in [0.29, 0.717) is 15.2 Å². The Morgan fingerprint density at radius 2 is 1.67 bits per heavy atom. The highest BCUT2D eigenvalue weighted by Crippen LogP contribution is 2.36. The van der Waals surface area contributed by atoms with Gasteiger partial charge in [-0.15, -0.1) is 0 Å². The van der Waals surface area contributed by atoms with Gasteiger partial charge in [-0.1, -0.05) is 29.3 Å². The number of carbonyl (C=O) groups is 1. The number of amidine groups is 2. The molecule has 0 heterocycles. The summed E-state index contributed by atoms with van der Waals surface area (Å²) in [6, 6.07) is 7.94. The Balaban J connectivity index is 2.46. The lowest BCUT2D eigenvalue weighted by molar-refractivity contribution is 0.0824. The fraction of sp³-hybridized carbons (Fsp3) is 0.118. The van der Waals surface area contributed by atoms with Gasteiger partial charge in [-0.2, -0.15) is 0 Å². The van der Waals surface area contributed by atoms with Gasteiger partial charge in [0.05, 0.1) is 21.3 Å². The van der Waals surface area contributed by atoms with Crippen LogP contribution in [-0.2, 0) is 0 Å². The highest BCUT2D eigenvalue weighted by atomic mass is 79.9. The van der Waals surface area contributed by atoms with Crippen LogP contribution in [0.3, 0.4) is 0 Å². The van der Waals surface area contributed by atoms with Crippen LogP contribution >= 0.6 is 39.1 Å². The first-order valence-corrected chi connectivity index (χ1v) is 9.04. The minimum Gasteiger partial charge on any atom is -0.505 e. The minimum absolute atomic E-state index is 0.0578. The molecule has 0 fully saturated rings. The topological polar surface area (TPSA) is 117 Å². The van der Waals surface area contributed by atoms with Gasteiger partial charge in [0.1, 0.15) is 5.69 Å². The molecule has 0 aromatic heterocycles.